The molecule has 0 unspecified atom stereocenters. The van der Waals surface area contributed by atoms with Gasteiger partial charge in [0.15, 0.2) is 5.78 Å². The molecule has 0 spiro atoms. The standard InChI is InChI=1S/C23H20N2O3S/c1-16-11-13-17(14-12-16)29(27,28)24-21-9-5-3-8-19(21)23(26)20-15-25(2)22-10-6-4-7-18(20)22/h3-15,24H,1-2H3. The van der Waals surface area contributed by atoms with Crippen LogP contribution in [0.5, 0.6) is 0 Å². The number of nitrogens with zero attached hydrogens (tertiary/aromatic N) is 1. The molecule has 0 aliphatic heterocycles. The highest BCUT2D eigenvalue weighted by atomic mass is 32.2. The first kappa shape index (κ1) is 19.0. The number of anilines is 1. The first-order chi connectivity index (χ1) is 13.9. The van der Waals surface area contributed by atoms with E-state index in [1.807, 2.05) is 42.8 Å². The first-order valence-corrected chi connectivity index (χ1v) is 10.6. The normalized spacial score (nSPS) is 11.5. The molecule has 146 valence electrons. The highest BCUT2D eigenvalue weighted by Gasteiger charge is 2.21. The predicted molar refractivity (Wildman–Crippen MR) is 115 cm³/mol. The van der Waals surface area contributed by atoms with E-state index in [2.05, 4.69) is 4.72 Å². The Morgan fingerprint density at radius 3 is 2.28 bits per heavy atom. The highest BCUT2D eigenvalue weighted by molar-refractivity contribution is 7.92. The molecule has 1 N–H and O–H groups in total. The largest absolute Gasteiger partial charge is 0.350 e. The van der Waals surface area contributed by atoms with Gasteiger partial charge in [-0.25, -0.2) is 8.42 Å². The molecule has 3 aromatic carbocycles. The van der Waals surface area contributed by atoms with E-state index in [9.17, 15) is 13.2 Å². The van der Waals surface area contributed by atoms with Gasteiger partial charge in [-0.1, -0.05) is 48.0 Å². The van der Waals surface area contributed by atoms with Crippen molar-refractivity contribution in [3.63, 3.8) is 0 Å². The lowest BCUT2D eigenvalue weighted by Crippen LogP contribution is -2.16. The van der Waals surface area contributed by atoms with Crippen LogP contribution < -0.4 is 4.72 Å². The summed E-state index contributed by atoms with van der Waals surface area (Å²) >= 11 is 0. The van der Waals surface area contributed by atoms with Crippen molar-refractivity contribution < 1.29 is 13.2 Å². The number of aryl methyl sites for hydroxylation is 2. The van der Waals surface area contributed by atoms with Gasteiger partial charge >= 0.3 is 0 Å². The average Bonchev–Trinajstić information content (AvgIpc) is 3.05. The molecule has 29 heavy (non-hydrogen) atoms. The number of aromatic nitrogens is 1. The molecule has 0 saturated carbocycles. The molecule has 0 fully saturated rings. The van der Waals surface area contributed by atoms with Crippen molar-refractivity contribution in [3.05, 3.63) is 95.7 Å². The third-order valence-electron chi connectivity index (χ3n) is 4.89. The fourth-order valence-electron chi connectivity index (χ4n) is 3.36. The van der Waals surface area contributed by atoms with Gasteiger partial charge in [0.25, 0.3) is 10.0 Å². The topological polar surface area (TPSA) is 68.2 Å². The van der Waals surface area contributed by atoms with Crippen LogP contribution in [0.4, 0.5) is 5.69 Å². The molecule has 0 aliphatic carbocycles. The molecule has 0 saturated heterocycles. The number of fused-ring (bicyclic) bond motifs is 1. The van der Waals surface area contributed by atoms with Crippen molar-refractivity contribution in [1.82, 2.24) is 4.57 Å². The summed E-state index contributed by atoms with van der Waals surface area (Å²) in [4.78, 5) is 13.5. The van der Waals surface area contributed by atoms with Crippen LogP contribution in [0.1, 0.15) is 21.5 Å². The zero-order chi connectivity index (χ0) is 20.6. The van der Waals surface area contributed by atoms with Crippen molar-refractivity contribution in [2.24, 2.45) is 7.05 Å². The maximum absolute atomic E-state index is 13.3. The molecule has 0 amide bonds. The average molecular weight is 404 g/mol. The lowest BCUT2D eigenvalue weighted by molar-refractivity contribution is 0.104. The maximum Gasteiger partial charge on any atom is 0.261 e. The van der Waals surface area contributed by atoms with Crippen molar-refractivity contribution in [1.29, 1.82) is 0 Å². The van der Waals surface area contributed by atoms with Gasteiger partial charge in [0.05, 0.1) is 10.6 Å². The number of carbonyl (C=O) groups is 1. The molecule has 5 nitrogen and oxygen atoms in total. The van der Waals surface area contributed by atoms with Gasteiger partial charge in [-0.2, -0.15) is 0 Å². The number of sulfonamides is 1. The van der Waals surface area contributed by atoms with Crippen LogP contribution in [0.15, 0.2) is 83.9 Å². The third kappa shape index (κ3) is 3.54. The van der Waals surface area contributed by atoms with Crippen molar-refractivity contribution in [2.75, 3.05) is 4.72 Å². The number of rotatable bonds is 5. The summed E-state index contributed by atoms with van der Waals surface area (Å²) in [5, 5.41) is 0.830. The monoisotopic (exact) mass is 404 g/mol. The molecule has 4 rings (SSSR count). The molecule has 6 heteroatoms. The molecule has 1 heterocycles. The van der Waals surface area contributed by atoms with E-state index in [1.165, 1.54) is 0 Å². The van der Waals surface area contributed by atoms with E-state index in [0.29, 0.717) is 11.1 Å². The Kier molecular flexibility index (Phi) is 4.72. The van der Waals surface area contributed by atoms with Crippen LogP contribution in [0, 0.1) is 6.92 Å². The number of benzene rings is 3. The summed E-state index contributed by atoms with van der Waals surface area (Å²) < 4.78 is 30.1. The Hall–Kier alpha value is -3.38. The second-order valence-corrected chi connectivity index (χ2v) is 8.65. The zero-order valence-corrected chi connectivity index (χ0v) is 16.9. The smallest absolute Gasteiger partial charge is 0.261 e. The summed E-state index contributed by atoms with van der Waals surface area (Å²) in [6.45, 7) is 1.89. The van der Waals surface area contributed by atoms with E-state index in [0.717, 1.165) is 16.5 Å². The van der Waals surface area contributed by atoms with E-state index in [-0.39, 0.29) is 16.4 Å². The maximum atomic E-state index is 13.3. The summed E-state index contributed by atoms with van der Waals surface area (Å²) in [6.07, 6.45) is 1.78. The number of hydrogen-bond donors (Lipinski definition) is 1. The van der Waals surface area contributed by atoms with E-state index >= 15 is 0 Å². The van der Waals surface area contributed by atoms with Gasteiger partial charge in [-0.05, 0) is 37.3 Å². The van der Waals surface area contributed by atoms with Crippen LogP contribution >= 0.6 is 0 Å². The molecule has 0 aliphatic rings. The molecule has 0 radical (unpaired) electrons. The Bertz CT molecular complexity index is 1320. The van der Waals surface area contributed by atoms with Gasteiger partial charge < -0.3 is 4.57 Å². The van der Waals surface area contributed by atoms with Crippen molar-refractivity contribution in [2.45, 2.75) is 11.8 Å². The quantitative estimate of drug-likeness (QED) is 0.497. The second kappa shape index (κ2) is 7.22. The Labute approximate surface area is 169 Å². The first-order valence-electron chi connectivity index (χ1n) is 9.14. The van der Waals surface area contributed by atoms with E-state index in [4.69, 9.17) is 0 Å². The van der Waals surface area contributed by atoms with Crippen molar-refractivity contribution >= 4 is 32.4 Å². The summed E-state index contributed by atoms with van der Waals surface area (Å²) in [5.41, 5.74) is 3.00. The number of ketones is 1. The molecule has 0 bridgehead atoms. The lowest BCUT2D eigenvalue weighted by Gasteiger charge is -2.12. The lowest BCUT2D eigenvalue weighted by atomic mass is 10.0. The number of para-hydroxylation sites is 2. The molecular formula is C23H20N2O3S. The minimum Gasteiger partial charge on any atom is -0.350 e. The minimum absolute atomic E-state index is 0.149. The van der Waals surface area contributed by atoms with Crippen LogP contribution in [0.2, 0.25) is 0 Å². The fraction of sp³-hybridized carbons (Fsp3) is 0.0870. The van der Waals surface area contributed by atoms with Crippen LogP contribution in [-0.4, -0.2) is 18.8 Å². The number of hydrogen-bond acceptors (Lipinski definition) is 3. The highest BCUT2D eigenvalue weighted by Crippen LogP contribution is 2.27. The molecule has 1 aromatic heterocycles. The summed E-state index contributed by atoms with van der Waals surface area (Å²) in [6, 6.07) is 20.9. The van der Waals surface area contributed by atoms with Gasteiger partial charge in [0.2, 0.25) is 0 Å². The van der Waals surface area contributed by atoms with Gasteiger partial charge in [0, 0.05) is 35.3 Å². The predicted octanol–water partition coefficient (Wildman–Crippen LogP) is 4.52. The van der Waals surface area contributed by atoms with Gasteiger partial charge in [-0.15, -0.1) is 0 Å². The molecular weight excluding hydrogens is 384 g/mol. The summed E-state index contributed by atoms with van der Waals surface area (Å²) in [5.74, 6) is -0.232. The van der Waals surface area contributed by atoms with Gasteiger partial charge in [0.1, 0.15) is 0 Å². The fourth-order valence-corrected chi connectivity index (χ4v) is 4.44. The van der Waals surface area contributed by atoms with Crippen LogP contribution in [0.25, 0.3) is 10.9 Å². The van der Waals surface area contributed by atoms with Crippen LogP contribution in [-0.2, 0) is 17.1 Å². The number of nitrogens with one attached hydrogen (secondary N) is 1. The SMILES string of the molecule is Cc1ccc(S(=O)(=O)Nc2ccccc2C(=O)c2cn(C)c3ccccc23)cc1. The third-order valence-corrected chi connectivity index (χ3v) is 6.27. The number of carbonyl (C=O) groups excluding carboxylic acids is 1. The Morgan fingerprint density at radius 2 is 1.52 bits per heavy atom. The Morgan fingerprint density at radius 1 is 0.862 bits per heavy atom. The second-order valence-electron chi connectivity index (χ2n) is 6.96. The van der Waals surface area contributed by atoms with E-state index in [1.54, 1.807) is 54.7 Å². The van der Waals surface area contributed by atoms with E-state index < -0.39 is 10.0 Å². The summed E-state index contributed by atoms with van der Waals surface area (Å²) in [7, 11) is -1.93. The molecule has 4 aromatic rings. The molecule has 0 atom stereocenters. The Balaban J connectivity index is 1.75. The van der Waals surface area contributed by atoms with Gasteiger partial charge in [-0.3, -0.25) is 9.52 Å². The zero-order valence-electron chi connectivity index (χ0n) is 16.1. The minimum atomic E-state index is -3.81. The van der Waals surface area contributed by atoms with Crippen molar-refractivity contribution in [3.8, 4) is 0 Å². The van der Waals surface area contributed by atoms with Crippen LogP contribution in [0.3, 0.4) is 0 Å².